The SMILES string of the molecule is CC(C)CC(C(=O)O)N(CCCNC(=O)COc1ccc(Cl)cc1)C(=O)O. The van der Waals surface area contributed by atoms with E-state index < -0.39 is 18.1 Å². The van der Waals surface area contributed by atoms with Crippen LogP contribution in [0.5, 0.6) is 5.75 Å². The van der Waals surface area contributed by atoms with Crippen molar-refractivity contribution in [1.29, 1.82) is 0 Å². The third kappa shape index (κ3) is 8.63. The number of nitrogens with zero attached hydrogens (tertiary/aromatic N) is 1. The van der Waals surface area contributed by atoms with Crippen LogP contribution in [0.3, 0.4) is 0 Å². The minimum absolute atomic E-state index is 0.0113. The first kappa shape index (κ1) is 22.6. The zero-order valence-corrected chi connectivity index (χ0v) is 16.1. The Labute approximate surface area is 163 Å². The maximum absolute atomic E-state index is 11.8. The van der Waals surface area contributed by atoms with Gasteiger partial charge in [0.05, 0.1) is 0 Å². The zero-order chi connectivity index (χ0) is 20.4. The Kier molecular flexibility index (Phi) is 9.42. The normalized spacial score (nSPS) is 11.7. The molecule has 0 heterocycles. The maximum Gasteiger partial charge on any atom is 0.408 e. The third-order valence-corrected chi connectivity index (χ3v) is 3.94. The standard InChI is InChI=1S/C18H25ClN2O6/c1-12(2)10-15(17(23)24)21(18(25)26)9-3-8-20-16(22)11-27-14-6-4-13(19)5-7-14/h4-7,12,15H,3,8-11H2,1-2H3,(H,20,22)(H,23,24)(H,25,26). The molecule has 0 aliphatic rings. The molecule has 0 spiro atoms. The summed E-state index contributed by atoms with van der Waals surface area (Å²) < 4.78 is 5.30. The summed E-state index contributed by atoms with van der Waals surface area (Å²) in [6.45, 7) is 3.70. The van der Waals surface area contributed by atoms with Crippen molar-refractivity contribution in [3.05, 3.63) is 29.3 Å². The molecule has 0 fully saturated rings. The van der Waals surface area contributed by atoms with Gasteiger partial charge < -0.3 is 20.3 Å². The molecule has 3 N–H and O–H groups in total. The first-order chi connectivity index (χ1) is 12.7. The fourth-order valence-corrected chi connectivity index (χ4v) is 2.53. The fourth-order valence-electron chi connectivity index (χ4n) is 2.40. The van der Waals surface area contributed by atoms with Crippen molar-refractivity contribution < 1.29 is 29.3 Å². The lowest BCUT2D eigenvalue weighted by Gasteiger charge is -2.27. The van der Waals surface area contributed by atoms with E-state index in [9.17, 15) is 24.6 Å². The van der Waals surface area contributed by atoms with E-state index >= 15 is 0 Å². The van der Waals surface area contributed by atoms with Gasteiger partial charge >= 0.3 is 12.1 Å². The number of carboxylic acid groups (broad SMARTS) is 2. The largest absolute Gasteiger partial charge is 0.484 e. The number of carboxylic acids is 1. The zero-order valence-electron chi connectivity index (χ0n) is 15.4. The van der Waals surface area contributed by atoms with Gasteiger partial charge in [-0.3, -0.25) is 9.69 Å². The van der Waals surface area contributed by atoms with Crippen LogP contribution in [-0.2, 0) is 9.59 Å². The monoisotopic (exact) mass is 400 g/mol. The molecule has 27 heavy (non-hydrogen) atoms. The summed E-state index contributed by atoms with van der Waals surface area (Å²) >= 11 is 5.76. The molecule has 0 aliphatic heterocycles. The van der Waals surface area contributed by atoms with Crippen LogP contribution < -0.4 is 10.1 Å². The van der Waals surface area contributed by atoms with E-state index in [1.165, 1.54) is 0 Å². The maximum atomic E-state index is 11.8. The smallest absolute Gasteiger partial charge is 0.408 e. The van der Waals surface area contributed by atoms with E-state index in [2.05, 4.69) is 5.32 Å². The van der Waals surface area contributed by atoms with E-state index in [4.69, 9.17) is 16.3 Å². The lowest BCUT2D eigenvalue weighted by molar-refractivity contribution is -0.143. The van der Waals surface area contributed by atoms with Crippen LogP contribution in [0.4, 0.5) is 4.79 Å². The Morgan fingerprint density at radius 3 is 2.33 bits per heavy atom. The van der Waals surface area contributed by atoms with Crippen LogP contribution in [0.15, 0.2) is 24.3 Å². The number of hydrogen-bond acceptors (Lipinski definition) is 4. The number of ether oxygens (including phenoxy) is 1. The minimum atomic E-state index is -1.29. The summed E-state index contributed by atoms with van der Waals surface area (Å²) in [5.74, 6) is -0.988. The van der Waals surface area contributed by atoms with Crippen molar-refractivity contribution in [2.75, 3.05) is 19.7 Å². The Balaban J connectivity index is 2.40. The summed E-state index contributed by atoms with van der Waals surface area (Å²) in [7, 11) is 0. The number of benzene rings is 1. The lowest BCUT2D eigenvalue weighted by atomic mass is 10.0. The van der Waals surface area contributed by atoms with Gasteiger partial charge in [-0.15, -0.1) is 0 Å². The average molecular weight is 401 g/mol. The lowest BCUT2D eigenvalue weighted by Crippen LogP contribution is -2.46. The van der Waals surface area contributed by atoms with E-state index in [1.54, 1.807) is 24.3 Å². The molecule has 9 heteroatoms. The highest BCUT2D eigenvalue weighted by atomic mass is 35.5. The quantitative estimate of drug-likeness (QED) is 0.492. The highest BCUT2D eigenvalue weighted by Gasteiger charge is 2.29. The third-order valence-electron chi connectivity index (χ3n) is 3.68. The summed E-state index contributed by atoms with van der Waals surface area (Å²) in [5.41, 5.74) is 0. The minimum Gasteiger partial charge on any atom is -0.484 e. The van der Waals surface area contributed by atoms with Gasteiger partial charge in [0.25, 0.3) is 5.91 Å². The number of nitrogens with one attached hydrogen (secondary N) is 1. The molecule has 8 nitrogen and oxygen atoms in total. The number of amides is 2. The Hall–Kier alpha value is -2.48. The first-order valence-corrected chi connectivity index (χ1v) is 8.96. The molecule has 0 saturated carbocycles. The van der Waals surface area contributed by atoms with E-state index in [-0.39, 0.29) is 37.9 Å². The molecule has 1 atom stereocenters. The summed E-state index contributed by atoms with van der Waals surface area (Å²) in [6, 6.07) is 5.46. The van der Waals surface area contributed by atoms with Crippen molar-refractivity contribution in [2.45, 2.75) is 32.7 Å². The number of rotatable bonds is 11. The number of carbonyl (C=O) groups is 3. The van der Waals surface area contributed by atoms with Gasteiger partial charge in [0.1, 0.15) is 11.8 Å². The summed E-state index contributed by atoms with van der Waals surface area (Å²) in [4.78, 5) is 35.4. The Morgan fingerprint density at radius 2 is 1.81 bits per heavy atom. The van der Waals surface area contributed by atoms with Gasteiger partial charge in [-0.05, 0) is 43.0 Å². The Morgan fingerprint density at radius 1 is 1.19 bits per heavy atom. The molecule has 1 aromatic rings. The molecule has 1 rings (SSSR count). The van der Waals surface area contributed by atoms with Crippen LogP contribution in [0, 0.1) is 5.92 Å². The van der Waals surface area contributed by atoms with Crippen molar-refractivity contribution in [3.63, 3.8) is 0 Å². The van der Waals surface area contributed by atoms with Crippen molar-refractivity contribution in [3.8, 4) is 5.75 Å². The van der Waals surface area contributed by atoms with Crippen LogP contribution in [-0.4, -0.2) is 58.8 Å². The van der Waals surface area contributed by atoms with E-state index in [1.807, 2.05) is 13.8 Å². The van der Waals surface area contributed by atoms with Gasteiger partial charge in [-0.2, -0.15) is 0 Å². The highest BCUT2D eigenvalue weighted by Crippen LogP contribution is 2.15. The molecule has 0 radical (unpaired) electrons. The Bertz CT molecular complexity index is 635. The molecule has 1 aromatic carbocycles. The van der Waals surface area contributed by atoms with Crippen LogP contribution in [0.1, 0.15) is 26.7 Å². The van der Waals surface area contributed by atoms with Crippen LogP contribution >= 0.6 is 11.6 Å². The number of carbonyl (C=O) groups excluding carboxylic acids is 1. The van der Waals surface area contributed by atoms with Gasteiger partial charge in [-0.1, -0.05) is 25.4 Å². The summed E-state index contributed by atoms with van der Waals surface area (Å²) in [6.07, 6.45) is -0.774. The average Bonchev–Trinajstić information content (AvgIpc) is 2.59. The highest BCUT2D eigenvalue weighted by molar-refractivity contribution is 6.30. The van der Waals surface area contributed by atoms with Crippen molar-refractivity contribution in [1.82, 2.24) is 10.2 Å². The molecular weight excluding hydrogens is 376 g/mol. The van der Waals surface area contributed by atoms with Crippen LogP contribution in [0.2, 0.25) is 5.02 Å². The van der Waals surface area contributed by atoms with Crippen LogP contribution in [0.25, 0.3) is 0 Å². The van der Waals surface area contributed by atoms with E-state index in [0.29, 0.717) is 17.2 Å². The molecule has 0 bridgehead atoms. The van der Waals surface area contributed by atoms with Gasteiger partial charge in [-0.25, -0.2) is 9.59 Å². The molecule has 1 unspecified atom stereocenters. The molecule has 0 aromatic heterocycles. The topological polar surface area (TPSA) is 116 Å². The fraction of sp³-hybridized carbons (Fsp3) is 0.500. The second kappa shape index (κ2) is 11.3. The molecule has 2 amide bonds. The first-order valence-electron chi connectivity index (χ1n) is 8.58. The van der Waals surface area contributed by atoms with Crippen molar-refractivity contribution >= 4 is 29.6 Å². The second-order valence-electron chi connectivity index (χ2n) is 6.41. The molecule has 0 aliphatic carbocycles. The van der Waals surface area contributed by atoms with Crippen molar-refractivity contribution in [2.24, 2.45) is 5.92 Å². The molecular formula is C18H25ClN2O6. The number of hydrogen-bond donors (Lipinski definition) is 3. The summed E-state index contributed by atoms with van der Waals surface area (Å²) in [5, 5.41) is 21.7. The molecule has 150 valence electrons. The number of aliphatic carboxylic acids is 1. The predicted octanol–water partition coefficient (Wildman–Crippen LogP) is 2.70. The van der Waals surface area contributed by atoms with Gasteiger partial charge in [0.2, 0.25) is 0 Å². The molecule has 0 saturated heterocycles. The second-order valence-corrected chi connectivity index (χ2v) is 6.84. The number of halogens is 1. The predicted molar refractivity (Wildman–Crippen MR) is 100 cm³/mol. The van der Waals surface area contributed by atoms with Gasteiger partial charge in [0.15, 0.2) is 6.61 Å². The van der Waals surface area contributed by atoms with Gasteiger partial charge in [0, 0.05) is 18.1 Å². The van der Waals surface area contributed by atoms with E-state index in [0.717, 1.165) is 4.90 Å².